The summed E-state index contributed by atoms with van der Waals surface area (Å²) >= 11 is 0. The summed E-state index contributed by atoms with van der Waals surface area (Å²) < 4.78 is 51.5. The van der Waals surface area contributed by atoms with Gasteiger partial charge in [0, 0.05) is 42.2 Å². The summed E-state index contributed by atoms with van der Waals surface area (Å²) in [6.45, 7) is 5.43. The van der Waals surface area contributed by atoms with E-state index in [4.69, 9.17) is 20.9 Å². The highest BCUT2D eigenvalue weighted by molar-refractivity contribution is 5.94. The van der Waals surface area contributed by atoms with Gasteiger partial charge in [-0.1, -0.05) is 6.92 Å². The summed E-state index contributed by atoms with van der Waals surface area (Å²) in [5.41, 5.74) is 13.8. The number of halogens is 3. The van der Waals surface area contributed by atoms with Crippen LogP contribution in [0.1, 0.15) is 47.8 Å². The first kappa shape index (κ1) is 23.6. The van der Waals surface area contributed by atoms with Crippen LogP contribution in [0.3, 0.4) is 0 Å². The van der Waals surface area contributed by atoms with Crippen molar-refractivity contribution in [1.29, 1.82) is 0 Å². The average Bonchev–Trinajstić information content (AvgIpc) is 2.71. The number of hydrogen-bond acceptors (Lipinski definition) is 6. The SMILES string of the molecule is COc1cc2nc(C)nc(N)c2c(C(C)c2cc(N)cc(C(F)(F)F)c2)c1CC(C)OC. The molecule has 0 amide bonds. The van der Waals surface area contributed by atoms with Crippen LogP contribution >= 0.6 is 0 Å². The van der Waals surface area contributed by atoms with Gasteiger partial charge in [-0.15, -0.1) is 0 Å². The third-order valence-electron chi connectivity index (χ3n) is 5.59. The Bertz CT molecular complexity index is 1150. The zero-order chi connectivity index (χ0) is 23.8. The topological polar surface area (TPSA) is 96.3 Å². The van der Waals surface area contributed by atoms with Crippen molar-refractivity contribution in [3.05, 3.63) is 52.3 Å². The third kappa shape index (κ3) is 4.57. The number of rotatable bonds is 6. The quantitative estimate of drug-likeness (QED) is 0.523. The first-order chi connectivity index (χ1) is 15.0. The molecule has 0 radical (unpaired) electrons. The summed E-state index contributed by atoms with van der Waals surface area (Å²) in [6.07, 6.45) is -4.24. The highest BCUT2D eigenvalue weighted by Gasteiger charge is 2.32. The summed E-state index contributed by atoms with van der Waals surface area (Å²) in [5.74, 6) is 0.783. The molecule has 0 bridgehead atoms. The van der Waals surface area contributed by atoms with Gasteiger partial charge in [-0.3, -0.25) is 0 Å². The van der Waals surface area contributed by atoms with Crippen molar-refractivity contribution < 1.29 is 22.6 Å². The zero-order valence-corrected chi connectivity index (χ0v) is 18.7. The van der Waals surface area contributed by atoms with Crippen molar-refractivity contribution >= 4 is 22.4 Å². The van der Waals surface area contributed by atoms with Gasteiger partial charge >= 0.3 is 6.18 Å². The Morgan fingerprint density at radius 1 is 1.03 bits per heavy atom. The van der Waals surface area contributed by atoms with Crippen molar-refractivity contribution in [2.75, 3.05) is 25.7 Å². The number of nitrogen functional groups attached to an aromatic ring is 2. The largest absolute Gasteiger partial charge is 0.496 e. The van der Waals surface area contributed by atoms with Crippen molar-refractivity contribution in [2.24, 2.45) is 0 Å². The lowest BCUT2D eigenvalue weighted by atomic mass is 9.84. The van der Waals surface area contributed by atoms with Crippen LogP contribution in [0.5, 0.6) is 5.75 Å². The van der Waals surface area contributed by atoms with Crippen molar-refractivity contribution in [3.63, 3.8) is 0 Å². The second-order valence-electron chi connectivity index (χ2n) is 7.88. The third-order valence-corrected chi connectivity index (χ3v) is 5.59. The lowest BCUT2D eigenvalue weighted by Crippen LogP contribution is -2.15. The van der Waals surface area contributed by atoms with Gasteiger partial charge < -0.3 is 20.9 Å². The molecule has 1 aromatic heterocycles. The minimum Gasteiger partial charge on any atom is -0.496 e. The predicted molar refractivity (Wildman–Crippen MR) is 119 cm³/mol. The van der Waals surface area contributed by atoms with Gasteiger partial charge in [0.15, 0.2) is 0 Å². The highest BCUT2D eigenvalue weighted by atomic mass is 19.4. The lowest BCUT2D eigenvalue weighted by molar-refractivity contribution is -0.137. The number of methoxy groups -OCH3 is 2. The monoisotopic (exact) mass is 448 g/mol. The standard InChI is InChI=1S/C23H27F3N4O2/c1-11(31-4)6-17-19(32-5)10-18-21(22(28)30-13(3)29-18)20(17)12(2)14-7-15(23(24,25)26)9-16(27)8-14/h7-12H,6,27H2,1-5H3,(H2,28,29,30). The molecule has 172 valence electrons. The number of nitrogens with zero attached hydrogens (tertiary/aromatic N) is 2. The van der Waals surface area contributed by atoms with E-state index in [0.717, 1.165) is 17.7 Å². The van der Waals surface area contributed by atoms with Gasteiger partial charge in [0.1, 0.15) is 17.4 Å². The molecule has 3 aromatic rings. The predicted octanol–water partition coefficient (Wildman–Crippen LogP) is 4.86. The van der Waals surface area contributed by atoms with Crippen LogP contribution in [-0.2, 0) is 17.3 Å². The molecule has 0 spiro atoms. The van der Waals surface area contributed by atoms with E-state index in [1.165, 1.54) is 7.11 Å². The van der Waals surface area contributed by atoms with Gasteiger partial charge in [0.05, 0.1) is 24.3 Å². The number of ether oxygens (including phenoxy) is 2. The molecular formula is C23H27F3N4O2. The number of anilines is 2. The van der Waals surface area contributed by atoms with E-state index in [9.17, 15) is 13.2 Å². The molecule has 0 saturated heterocycles. The maximum Gasteiger partial charge on any atom is 0.416 e. The second kappa shape index (κ2) is 8.82. The van der Waals surface area contributed by atoms with Crippen LogP contribution in [-0.4, -0.2) is 30.3 Å². The average molecular weight is 448 g/mol. The molecule has 0 aliphatic heterocycles. The smallest absolute Gasteiger partial charge is 0.416 e. The minimum absolute atomic E-state index is 0.0285. The molecule has 0 saturated carbocycles. The number of fused-ring (bicyclic) bond motifs is 1. The summed E-state index contributed by atoms with van der Waals surface area (Å²) in [5, 5.41) is 0.582. The second-order valence-corrected chi connectivity index (χ2v) is 7.88. The number of benzene rings is 2. The van der Waals surface area contributed by atoms with Crippen molar-refractivity contribution in [1.82, 2.24) is 9.97 Å². The first-order valence-corrected chi connectivity index (χ1v) is 10.1. The Kier molecular flexibility index (Phi) is 6.50. The summed E-state index contributed by atoms with van der Waals surface area (Å²) in [7, 11) is 3.13. The highest BCUT2D eigenvalue weighted by Crippen LogP contribution is 2.42. The molecule has 6 nitrogen and oxygen atoms in total. The van der Waals surface area contributed by atoms with E-state index in [0.29, 0.717) is 40.0 Å². The van der Waals surface area contributed by atoms with Crippen LogP contribution in [0.15, 0.2) is 24.3 Å². The van der Waals surface area contributed by atoms with Crippen LogP contribution in [0, 0.1) is 6.92 Å². The Morgan fingerprint density at radius 2 is 1.72 bits per heavy atom. The van der Waals surface area contributed by atoms with Gasteiger partial charge in [0.2, 0.25) is 0 Å². The van der Waals surface area contributed by atoms with Gasteiger partial charge in [-0.25, -0.2) is 9.97 Å². The van der Waals surface area contributed by atoms with E-state index in [-0.39, 0.29) is 17.6 Å². The van der Waals surface area contributed by atoms with E-state index in [2.05, 4.69) is 9.97 Å². The number of hydrogen-bond donors (Lipinski definition) is 2. The Morgan fingerprint density at radius 3 is 2.31 bits per heavy atom. The van der Waals surface area contributed by atoms with E-state index in [1.807, 2.05) is 13.8 Å². The first-order valence-electron chi connectivity index (χ1n) is 10.1. The van der Waals surface area contributed by atoms with Crippen LogP contribution in [0.4, 0.5) is 24.7 Å². The molecule has 9 heteroatoms. The van der Waals surface area contributed by atoms with Crippen molar-refractivity contribution in [2.45, 2.75) is 45.4 Å². The number of aryl methyl sites for hydroxylation is 1. The molecule has 2 unspecified atom stereocenters. The molecular weight excluding hydrogens is 421 g/mol. The number of nitrogens with two attached hydrogens (primary N) is 2. The zero-order valence-electron chi connectivity index (χ0n) is 18.7. The Hall–Kier alpha value is -3.07. The fourth-order valence-corrected chi connectivity index (χ4v) is 3.99. The molecule has 2 atom stereocenters. The van der Waals surface area contributed by atoms with Crippen LogP contribution in [0.25, 0.3) is 10.9 Å². The van der Waals surface area contributed by atoms with Gasteiger partial charge in [-0.2, -0.15) is 13.2 Å². The fraction of sp³-hybridized carbons (Fsp3) is 0.391. The Balaban J connectivity index is 2.37. The molecule has 0 aliphatic carbocycles. The number of alkyl halides is 3. The maximum absolute atomic E-state index is 13.5. The molecule has 0 aliphatic rings. The molecule has 2 aromatic carbocycles. The molecule has 1 heterocycles. The van der Waals surface area contributed by atoms with Gasteiger partial charge in [0.25, 0.3) is 0 Å². The van der Waals surface area contributed by atoms with Crippen LogP contribution in [0.2, 0.25) is 0 Å². The lowest BCUT2D eigenvalue weighted by Gasteiger charge is -2.25. The number of aromatic nitrogens is 2. The van der Waals surface area contributed by atoms with E-state index < -0.39 is 17.7 Å². The molecule has 0 fully saturated rings. The fourth-order valence-electron chi connectivity index (χ4n) is 3.99. The maximum atomic E-state index is 13.5. The molecule has 4 N–H and O–H groups in total. The summed E-state index contributed by atoms with van der Waals surface area (Å²) in [4.78, 5) is 8.79. The normalized spacial score (nSPS) is 13.9. The molecule has 3 rings (SSSR count). The van der Waals surface area contributed by atoms with Crippen LogP contribution < -0.4 is 16.2 Å². The van der Waals surface area contributed by atoms with E-state index in [1.54, 1.807) is 26.2 Å². The van der Waals surface area contributed by atoms with Crippen molar-refractivity contribution in [3.8, 4) is 5.75 Å². The Labute approximate surface area is 184 Å². The van der Waals surface area contributed by atoms with E-state index >= 15 is 0 Å². The molecule has 32 heavy (non-hydrogen) atoms. The summed E-state index contributed by atoms with van der Waals surface area (Å²) in [6, 6.07) is 5.35. The minimum atomic E-state index is -4.52. The van der Waals surface area contributed by atoms with Gasteiger partial charge in [-0.05, 0) is 43.2 Å².